The van der Waals surface area contributed by atoms with Crippen LogP contribution in [-0.4, -0.2) is 55.7 Å². The van der Waals surface area contributed by atoms with Gasteiger partial charge in [-0.3, -0.25) is 4.55 Å². The molecule has 0 radical (unpaired) electrons. The Labute approximate surface area is 229 Å². The summed E-state index contributed by atoms with van der Waals surface area (Å²) in [6.45, 7) is 2.64. The van der Waals surface area contributed by atoms with Crippen molar-refractivity contribution in [3.63, 3.8) is 0 Å². The van der Waals surface area contributed by atoms with Crippen LogP contribution in [-0.2, 0) is 17.2 Å². The fraction of sp³-hybridized carbons (Fsp3) is 0.348. The van der Waals surface area contributed by atoms with Gasteiger partial charge < -0.3 is 0 Å². The molecular formula is C23H26ClN2O3S4Te+. The van der Waals surface area contributed by atoms with Crippen molar-refractivity contribution in [1.82, 2.24) is 0 Å². The number of halogens is 1. The minimum absolute atomic E-state index is 0.265. The van der Waals surface area contributed by atoms with Gasteiger partial charge in [0.25, 0.3) is 0 Å². The molecule has 182 valence electrons. The minimum atomic E-state index is -4.00. The quantitative estimate of drug-likeness (QED) is 0.248. The number of nitrogens with zero attached hydrogens (tertiary/aromatic N) is 2. The second-order valence-corrected chi connectivity index (χ2v) is 17.1. The summed E-state index contributed by atoms with van der Waals surface area (Å²) in [5.41, 5.74) is 2.19. The minimum Gasteiger partial charge on any atom is -0.286 e. The van der Waals surface area contributed by atoms with Crippen LogP contribution < -0.4 is 13.2 Å². The summed E-state index contributed by atoms with van der Waals surface area (Å²) >= 11 is 11.4. The second-order valence-electron chi connectivity index (χ2n) is 7.81. The third-order valence-electron chi connectivity index (χ3n) is 5.43. The molecule has 0 saturated heterocycles. The maximum absolute atomic E-state index is 11.3. The number of thioether (sulfide) groups is 2. The van der Waals surface area contributed by atoms with E-state index >= 15 is 0 Å². The Morgan fingerprint density at radius 1 is 1.41 bits per heavy atom. The molecule has 0 aliphatic carbocycles. The molecule has 1 aromatic carbocycles. The molecule has 34 heavy (non-hydrogen) atoms. The summed E-state index contributed by atoms with van der Waals surface area (Å²) < 4.78 is 36.2. The molecule has 0 spiro atoms. The zero-order valence-electron chi connectivity index (χ0n) is 19.0. The zero-order valence-corrected chi connectivity index (χ0v) is 25.4. The smallest absolute Gasteiger partial charge is 0.286 e. The van der Waals surface area contributed by atoms with Gasteiger partial charge in [-0.05, 0) is 0 Å². The Balaban J connectivity index is 1.64. The summed E-state index contributed by atoms with van der Waals surface area (Å²) in [6.07, 6.45) is 12.5. The second kappa shape index (κ2) is 11.3. The van der Waals surface area contributed by atoms with E-state index in [0.29, 0.717) is 21.3 Å². The Kier molecular flexibility index (Phi) is 8.85. The third-order valence-corrected chi connectivity index (χ3v) is 15.2. The van der Waals surface area contributed by atoms with Gasteiger partial charge in [-0.1, -0.05) is 0 Å². The molecule has 1 atom stereocenters. The summed E-state index contributed by atoms with van der Waals surface area (Å²) in [6, 6.07) is 5.79. The van der Waals surface area contributed by atoms with Crippen LogP contribution in [0.4, 0.5) is 5.69 Å². The van der Waals surface area contributed by atoms with E-state index in [1.165, 1.54) is 19.2 Å². The van der Waals surface area contributed by atoms with E-state index in [2.05, 4.69) is 54.0 Å². The molecule has 5 nitrogen and oxygen atoms in total. The van der Waals surface area contributed by atoms with Crippen molar-refractivity contribution in [1.29, 1.82) is 0 Å². The first kappa shape index (κ1) is 26.6. The monoisotopic (exact) mass is 671 g/mol. The van der Waals surface area contributed by atoms with Gasteiger partial charge >= 0.3 is 218 Å². The van der Waals surface area contributed by atoms with Crippen LogP contribution in [0.2, 0.25) is 5.02 Å². The van der Waals surface area contributed by atoms with Crippen molar-refractivity contribution in [2.75, 3.05) is 23.5 Å². The van der Waals surface area contributed by atoms with E-state index in [-0.39, 0.29) is 26.7 Å². The first-order chi connectivity index (χ1) is 16.2. The van der Waals surface area contributed by atoms with Gasteiger partial charge in [-0.25, -0.2) is 0 Å². The first-order valence-electron chi connectivity index (χ1n) is 10.7. The molecule has 1 aromatic heterocycles. The number of hydrogen-bond acceptors (Lipinski definition) is 6. The van der Waals surface area contributed by atoms with Crippen LogP contribution in [0.1, 0.15) is 29.7 Å². The molecule has 0 saturated carbocycles. The van der Waals surface area contributed by atoms with Gasteiger partial charge in [0.15, 0.2) is 0 Å². The third kappa shape index (κ3) is 6.27. The molecular weight excluding hydrogens is 644 g/mol. The molecule has 2 aromatic rings. The maximum atomic E-state index is 11.3. The van der Waals surface area contributed by atoms with Gasteiger partial charge in [0.05, 0.1) is 0 Å². The Morgan fingerprint density at radius 3 is 2.91 bits per heavy atom. The molecule has 0 bridgehead atoms. The number of anilines is 1. The van der Waals surface area contributed by atoms with Crippen LogP contribution in [0.3, 0.4) is 0 Å². The molecule has 0 fully saturated rings. The Hall–Kier alpha value is -0.440. The Morgan fingerprint density at radius 2 is 2.21 bits per heavy atom. The van der Waals surface area contributed by atoms with Crippen molar-refractivity contribution in [2.24, 2.45) is 7.05 Å². The van der Waals surface area contributed by atoms with Gasteiger partial charge in [-0.2, -0.15) is 8.42 Å². The predicted octanol–water partition coefficient (Wildman–Crippen LogP) is 4.80. The van der Waals surface area contributed by atoms with Gasteiger partial charge in [0.1, 0.15) is 0 Å². The average Bonchev–Trinajstić information content (AvgIpc) is 3.28. The van der Waals surface area contributed by atoms with Crippen molar-refractivity contribution in [3.05, 3.63) is 55.9 Å². The SMILES string of the molecule is CCC(=Cc1sc2c([n+]1C)[Te]C(SC)C=C2)C=C1Sc2ccc(Cl)cc2N1CCCS(=O)(=O)O. The molecule has 4 rings (SSSR count). The summed E-state index contributed by atoms with van der Waals surface area (Å²) in [7, 11) is -1.82. The van der Waals surface area contributed by atoms with Crippen molar-refractivity contribution >= 4 is 99.1 Å². The molecule has 11 heteroatoms. The van der Waals surface area contributed by atoms with Crippen LogP contribution >= 0.6 is 46.5 Å². The van der Waals surface area contributed by atoms with Gasteiger partial charge in [0.2, 0.25) is 0 Å². The molecule has 2 aliphatic rings. The number of hydrogen-bond donors (Lipinski definition) is 1. The molecule has 1 N–H and O–H groups in total. The van der Waals surface area contributed by atoms with Crippen LogP contribution in [0.5, 0.6) is 0 Å². The van der Waals surface area contributed by atoms with E-state index in [9.17, 15) is 13.0 Å². The van der Waals surface area contributed by atoms with E-state index < -0.39 is 10.1 Å². The van der Waals surface area contributed by atoms with Crippen LogP contribution in [0.15, 0.2) is 45.8 Å². The summed E-state index contributed by atoms with van der Waals surface area (Å²) in [5, 5.41) is 2.93. The van der Waals surface area contributed by atoms with Crippen molar-refractivity contribution in [2.45, 2.75) is 28.0 Å². The number of fused-ring (bicyclic) bond motifs is 2. The number of thiazole rings is 1. The predicted molar refractivity (Wildman–Crippen MR) is 149 cm³/mol. The van der Waals surface area contributed by atoms with Gasteiger partial charge in [0, 0.05) is 0 Å². The molecule has 3 heterocycles. The molecule has 1 unspecified atom stereocenters. The first-order valence-corrected chi connectivity index (χ1v) is 18.1. The van der Waals surface area contributed by atoms with E-state index in [4.69, 9.17) is 11.6 Å². The fourth-order valence-corrected chi connectivity index (χ4v) is 11.5. The summed E-state index contributed by atoms with van der Waals surface area (Å²) in [5.74, 6) is -0.265. The summed E-state index contributed by atoms with van der Waals surface area (Å²) in [4.78, 5) is 4.58. The fourth-order valence-electron chi connectivity index (χ4n) is 3.68. The Bertz CT molecular complexity index is 1290. The van der Waals surface area contributed by atoms with Crippen molar-refractivity contribution in [3.8, 4) is 0 Å². The van der Waals surface area contributed by atoms with Crippen LogP contribution in [0.25, 0.3) is 12.2 Å². The molecule has 2 aliphatic heterocycles. The zero-order chi connectivity index (χ0) is 24.5. The van der Waals surface area contributed by atoms with E-state index in [0.717, 1.165) is 22.0 Å². The standard InChI is InChI=1S/C23H25ClN2O3S4Te/c1-4-15(12-20-25(2)23-19(32-20)8-9-22(30-3)34-23)13-21-26(10-5-11-33(27,28)29)17-14-16(24)6-7-18(17)31-21/h6-9,12-14,22H,4-5,10-11H2,1-3H3/p+1. The van der Waals surface area contributed by atoms with Crippen molar-refractivity contribution < 1.29 is 17.5 Å². The normalized spacial score (nSPS) is 19.1. The number of rotatable bonds is 8. The number of benzene rings is 1. The van der Waals surface area contributed by atoms with E-state index in [1.54, 1.807) is 11.8 Å². The molecule has 0 amide bonds. The topological polar surface area (TPSA) is 61.5 Å². The van der Waals surface area contributed by atoms with Crippen LogP contribution in [0, 0.1) is 0 Å². The average molecular weight is 670 g/mol. The number of allylic oxidation sites excluding steroid dienone is 2. The number of aromatic nitrogens is 1. The van der Waals surface area contributed by atoms with Gasteiger partial charge in [-0.15, -0.1) is 0 Å². The van der Waals surface area contributed by atoms with E-state index in [1.807, 2.05) is 41.3 Å².